The highest BCUT2D eigenvalue weighted by Gasteiger charge is 2.19. The minimum Gasteiger partial charge on any atom is -0.265 e. The normalized spacial score (nSPS) is 20.3. The minimum absolute atomic E-state index is 0.0918. The van der Waals surface area contributed by atoms with E-state index in [1.165, 1.54) is 0 Å². The van der Waals surface area contributed by atoms with Gasteiger partial charge in [0, 0.05) is 34.1 Å². The lowest BCUT2D eigenvalue weighted by Gasteiger charge is -2.00. The minimum atomic E-state index is -1.01. The van der Waals surface area contributed by atoms with Gasteiger partial charge < -0.3 is 0 Å². The van der Waals surface area contributed by atoms with Crippen molar-refractivity contribution in [3.05, 3.63) is 0 Å². The number of guanidine groups is 1. The highest BCUT2D eigenvalue weighted by molar-refractivity contribution is 7.86. The second kappa shape index (κ2) is 4.70. The molecule has 78 valence electrons. The number of nitrogens with one attached hydrogen (secondary N) is 1. The van der Waals surface area contributed by atoms with Gasteiger partial charge in [-0.05, 0) is 0 Å². The predicted molar refractivity (Wildman–Crippen MR) is 60.5 cm³/mol. The van der Waals surface area contributed by atoms with E-state index < -0.39 is 21.6 Å². The molecule has 14 heavy (non-hydrogen) atoms. The Morgan fingerprint density at radius 1 is 1.07 bits per heavy atom. The summed E-state index contributed by atoms with van der Waals surface area (Å²) in [6.45, 7) is 0. The molecule has 0 fully saturated rings. The molecule has 1 heterocycles. The summed E-state index contributed by atoms with van der Waals surface area (Å²) >= 11 is 0. The van der Waals surface area contributed by atoms with Crippen molar-refractivity contribution in [2.24, 2.45) is 9.98 Å². The van der Waals surface area contributed by atoms with Crippen LogP contribution in [-0.4, -0.2) is 49.8 Å². The maximum Gasteiger partial charge on any atom is 0.242 e. The van der Waals surface area contributed by atoms with Gasteiger partial charge >= 0.3 is 0 Å². The molecule has 0 bridgehead atoms. The van der Waals surface area contributed by atoms with E-state index in [0.717, 1.165) is 0 Å². The number of aliphatic imine (C=N–C) groups is 2. The standard InChI is InChI=1S/C7H11N3O2S2/c1-13(11)3-5-6(4-14(2)12)10-7(8)9-5/h8H,3-4H2,1-2H3/t13-,14-/m1/s1. The van der Waals surface area contributed by atoms with Crippen molar-refractivity contribution < 1.29 is 8.42 Å². The molecular weight excluding hydrogens is 222 g/mol. The molecule has 0 spiro atoms. The molecule has 0 aromatic rings. The third kappa shape index (κ3) is 3.22. The summed E-state index contributed by atoms with van der Waals surface area (Å²) in [5.41, 5.74) is 1.07. The highest BCUT2D eigenvalue weighted by atomic mass is 32.2. The Balaban J connectivity index is 2.79. The van der Waals surface area contributed by atoms with E-state index in [1.54, 1.807) is 12.5 Å². The van der Waals surface area contributed by atoms with Crippen LogP contribution in [-0.2, 0) is 21.6 Å². The zero-order chi connectivity index (χ0) is 10.7. The number of rotatable bonds is 4. The molecule has 1 N–H and O–H groups in total. The van der Waals surface area contributed by atoms with E-state index in [2.05, 4.69) is 9.98 Å². The average molecular weight is 233 g/mol. The fourth-order valence-corrected chi connectivity index (χ4v) is 2.26. The lowest BCUT2D eigenvalue weighted by Crippen LogP contribution is -2.23. The van der Waals surface area contributed by atoms with Crippen LogP contribution in [0.3, 0.4) is 0 Å². The Morgan fingerprint density at radius 2 is 1.43 bits per heavy atom. The zero-order valence-electron chi connectivity index (χ0n) is 7.94. The molecule has 0 saturated heterocycles. The van der Waals surface area contributed by atoms with E-state index in [1.807, 2.05) is 0 Å². The maximum atomic E-state index is 11.0. The molecular formula is C7H11N3O2S2. The SMILES string of the molecule is C[S@@](=O)CC1=NC(=N)N=C1C[S@@](C)=O. The summed E-state index contributed by atoms with van der Waals surface area (Å²) in [6, 6.07) is 0. The fourth-order valence-electron chi connectivity index (χ4n) is 1.03. The first-order chi connectivity index (χ1) is 6.49. The Labute approximate surface area is 87.1 Å². The molecule has 5 nitrogen and oxygen atoms in total. The summed E-state index contributed by atoms with van der Waals surface area (Å²) < 4.78 is 21.9. The Bertz CT molecular complexity index is 339. The average Bonchev–Trinajstić information content (AvgIpc) is 2.28. The zero-order valence-corrected chi connectivity index (χ0v) is 9.57. The van der Waals surface area contributed by atoms with E-state index in [-0.39, 0.29) is 17.5 Å². The highest BCUT2D eigenvalue weighted by Crippen LogP contribution is 2.01. The van der Waals surface area contributed by atoms with Gasteiger partial charge in [0.1, 0.15) is 0 Å². The lowest BCUT2D eigenvalue weighted by atomic mass is 10.3. The van der Waals surface area contributed by atoms with Gasteiger partial charge in [-0.15, -0.1) is 0 Å². The van der Waals surface area contributed by atoms with Crippen LogP contribution in [0.2, 0.25) is 0 Å². The first-order valence-corrected chi connectivity index (χ1v) is 7.28. The van der Waals surface area contributed by atoms with E-state index in [9.17, 15) is 8.42 Å². The van der Waals surface area contributed by atoms with Gasteiger partial charge in [0.05, 0.1) is 22.9 Å². The molecule has 0 aliphatic carbocycles. The summed E-state index contributed by atoms with van der Waals surface area (Å²) in [5.74, 6) is 0.461. The molecule has 0 amide bonds. The van der Waals surface area contributed by atoms with Crippen LogP contribution in [0, 0.1) is 5.41 Å². The molecule has 0 saturated carbocycles. The van der Waals surface area contributed by atoms with Crippen molar-refractivity contribution in [3.63, 3.8) is 0 Å². The Morgan fingerprint density at radius 3 is 1.71 bits per heavy atom. The van der Waals surface area contributed by atoms with E-state index in [0.29, 0.717) is 11.4 Å². The van der Waals surface area contributed by atoms with Gasteiger partial charge in [-0.3, -0.25) is 13.8 Å². The number of nitrogens with zero attached hydrogens (tertiary/aromatic N) is 2. The van der Waals surface area contributed by atoms with Crippen molar-refractivity contribution >= 4 is 39.0 Å². The first kappa shape index (κ1) is 11.4. The Hall–Kier alpha value is -0.690. The van der Waals surface area contributed by atoms with Crippen molar-refractivity contribution in [1.29, 1.82) is 5.41 Å². The van der Waals surface area contributed by atoms with E-state index >= 15 is 0 Å². The van der Waals surface area contributed by atoms with Gasteiger partial charge in [-0.25, -0.2) is 9.98 Å². The fraction of sp³-hybridized carbons (Fsp3) is 0.571. The van der Waals surface area contributed by atoms with Crippen molar-refractivity contribution in [2.45, 2.75) is 0 Å². The monoisotopic (exact) mass is 233 g/mol. The summed E-state index contributed by atoms with van der Waals surface area (Å²) in [6.07, 6.45) is 3.12. The smallest absolute Gasteiger partial charge is 0.242 e. The Kier molecular flexibility index (Phi) is 3.82. The first-order valence-electron chi connectivity index (χ1n) is 3.83. The van der Waals surface area contributed by atoms with Gasteiger partial charge in [0.15, 0.2) is 0 Å². The topological polar surface area (TPSA) is 82.7 Å². The third-order valence-corrected chi connectivity index (χ3v) is 2.85. The number of hydrogen-bond donors (Lipinski definition) is 1. The molecule has 1 rings (SSSR count). The predicted octanol–water partition coefficient (Wildman–Crippen LogP) is -0.426. The van der Waals surface area contributed by atoms with Crippen LogP contribution in [0.1, 0.15) is 0 Å². The molecule has 0 radical (unpaired) electrons. The van der Waals surface area contributed by atoms with Crippen LogP contribution < -0.4 is 0 Å². The largest absolute Gasteiger partial charge is 0.265 e. The van der Waals surface area contributed by atoms with Gasteiger partial charge in [-0.1, -0.05) is 0 Å². The van der Waals surface area contributed by atoms with Crippen molar-refractivity contribution in [3.8, 4) is 0 Å². The van der Waals surface area contributed by atoms with Gasteiger partial charge in [0.25, 0.3) is 0 Å². The molecule has 7 heteroatoms. The quantitative estimate of drug-likeness (QED) is 0.715. The molecule has 0 aromatic carbocycles. The summed E-state index contributed by atoms with van der Waals surface area (Å²) in [4.78, 5) is 7.66. The molecule has 0 unspecified atom stereocenters. The molecule has 1 aliphatic rings. The lowest BCUT2D eigenvalue weighted by molar-refractivity contribution is 0.688. The second-order valence-electron chi connectivity index (χ2n) is 2.88. The van der Waals surface area contributed by atoms with Crippen LogP contribution >= 0.6 is 0 Å². The van der Waals surface area contributed by atoms with Crippen molar-refractivity contribution in [1.82, 2.24) is 0 Å². The van der Waals surface area contributed by atoms with Crippen LogP contribution in [0.15, 0.2) is 9.98 Å². The molecule has 0 aromatic heterocycles. The summed E-state index contributed by atoms with van der Waals surface area (Å²) in [7, 11) is -2.03. The summed E-state index contributed by atoms with van der Waals surface area (Å²) in [5, 5.41) is 7.23. The number of hydrogen-bond acceptors (Lipinski definition) is 3. The van der Waals surface area contributed by atoms with E-state index in [4.69, 9.17) is 5.41 Å². The van der Waals surface area contributed by atoms with Crippen LogP contribution in [0.25, 0.3) is 0 Å². The van der Waals surface area contributed by atoms with Gasteiger partial charge in [-0.2, -0.15) is 0 Å². The molecule has 1 aliphatic heterocycles. The molecule has 2 atom stereocenters. The van der Waals surface area contributed by atoms with Gasteiger partial charge in [0.2, 0.25) is 5.96 Å². The second-order valence-corrected chi connectivity index (χ2v) is 5.75. The third-order valence-electron chi connectivity index (χ3n) is 1.49. The van der Waals surface area contributed by atoms with Crippen LogP contribution in [0.5, 0.6) is 0 Å². The van der Waals surface area contributed by atoms with Crippen molar-refractivity contribution in [2.75, 3.05) is 24.0 Å². The maximum absolute atomic E-state index is 11.0. The van der Waals surface area contributed by atoms with Crippen LogP contribution in [0.4, 0.5) is 0 Å².